The third-order valence-corrected chi connectivity index (χ3v) is 3.26. The monoisotopic (exact) mass is 277 g/mol. The molecule has 0 atom stereocenters. The van der Waals surface area contributed by atoms with Crippen LogP contribution in [0, 0.1) is 0 Å². The molecular weight excluding hydrogens is 254 g/mol. The lowest BCUT2D eigenvalue weighted by Gasteiger charge is -2.30. The van der Waals surface area contributed by atoms with Gasteiger partial charge in [0, 0.05) is 6.54 Å². The summed E-state index contributed by atoms with van der Waals surface area (Å²) in [5.74, 6) is 0.930. The largest absolute Gasteiger partial charge is 0.490 e. The summed E-state index contributed by atoms with van der Waals surface area (Å²) in [6.45, 7) is 3.49. The van der Waals surface area contributed by atoms with Crippen LogP contribution in [-0.2, 0) is 4.79 Å². The van der Waals surface area contributed by atoms with E-state index in [9.17, 15) is 4.79 Å². The number of hydrogen-bond donors (Lipinski definition) is 1. The summed E-state index contributed by atoms with van der Waals surface area (Å²) >= 11 is 0. The molecule has 110 valence electrons. The van der Waals surface area contributed by atoms with Crippen molar-refractivity contribution in [1.82, 2.24) is 10.2 Å². The number of para-hydroxylation sites is 2. The highest BCUT2D eigenvalue weighted by Gasteiger charge is 2.19. The van der Waals surface area contributed by atoms with Gasteiger partial charge in [-0.15, -0.1) is 0 Å². The number of benzene rings is 1. The second-order valence-electron chi connectivity index (χ2n) is 5.24. The molecule has 0 aliphatic carbocycles. The highest BCUT2D eigenvalue weighted by Crippen LogP contribution is 2.30. The number of fused-ring (bicyclic) bond motifs is 1. The van der Waals surface area contributed by atoms with E-state index in [-0.39, 0.29) is 5.91 Å². The third-order valence-electron chi connectivity index (χ3n) is 3.26. The number of nitrogens with zero attached hydrogens (tertiary/aromatic N) is 2. The number of carbonyl (C=O) groups excluding carboxylic acids is 1. The van der Waals surface area contributed by atoms with Crippen molar-refractivity contribution in [3.63, 3.8) is 0 Å². The summed E-state index contributed by atoms with van der Waals surface area (Å²) < 4.78 is 5.58. The van der Waals surface area contributed by atoms with E-state index in [4.69, 9.17) is 4.74 Å². The number of anilines is 1. The molecule has 0 aromatic heterocycles. The van der Waals surface area contributed by atoms with Gasteiger partial charge in [-0.1, -0.05) is 12.1 Å². The molecule has 0 unspecified atom stereocenters. The minimum atomic E-state index is 0.0699. The Balaban J connectivity index is 1.80. The van der Waals surface area contributed by atoms with Crippen LogP contribution in [0.25, 0.3) is 0 Å². The molecule has 0 saturated carbocycles. The maximum Gasteiger partial charge on any atom is 0.239 e. The van der Waals surface area contributed by atoms with Crippen molar-refractivity contribution in [2.45, 2.75) is 6.42 Å². The second kappa shape index (κ2) is 7.14. The Morgan fingerprint density at radius 1 is 1.40 bits per heavy atom. The van der Waals surface area contributed by atoms with Crippen molar-refractivity contribution in [2.24, 2.45) is 0 Å². The van der Waals surface area contributed by atoms with Crippen molar-refractivity contribution in [2.75, 3.05) is 51.8 Å². The Kier molecular flexibility index (Phi) is 5.24. The quantitative estimate of drug-likeness (QED) is 0.787. The Labute approximate surface area is 120 Å². The number of nitrogens with one attached hydrogen (secondary N) is 1. The fourth-order valence-corrected chi connectivity index (χ4v) is 2.24. The van der Waals surface area contributed by atoms with Gasteiger partial charge in [-0.3, -0.25) is 4.79 Å². The average molecular weight is 277 g/mol. The van der Waals surface area contributed by atoms with Crippen LogP contribution in [0.2, 0.25) is 0 Å². The molecule has 1 aliphatic rings. The Bertz CT molecular complexity index is 448. The third kappa shape index (κ3) is 4.13. The number of amides is 1. The molecule has 1 aromatic rings. The predicted octanol–water partition coefficient (Wildman–Crippen LogP) is 0.953. The zero-order valence-electron chi connectivity index (χ0n) is 12.3. The van der Waals surface area contributed by atoms with Gasteiger partial charge >= 0.3 is 0 Å². The van der Waals surface area contributed by atoms with E-state index in [1.807, 2.05) is 38.4 Å². The van der Waals surface area contributed by atoms with E-state index in [2.05, 4.69) is 15.1 Å². The number of ether oxygens (including phenoxy) is 1. The van der Waals surface area contributed by atoms with E-state index in [1.165, 1.54) is 0 Å². The summed E-state index contributed by atoms with van der Waals surface area (Å²) in [6.07, 6.45) is 0.971. The molecule has 0 spiro atoms. The van der Waals surface area contributed by atoms with Crippen molar-refractivity contribution in [3.8, 4) is 5.75 Å². The van der Waals surface area contributed by atoms with Crippen LogP contribution >= 0.6 is 0 Å². The molecule has 1 N–H and O–H groups in total. The van der Waals surface area contributed by atoms with Gasteiger partial charge < -0.3 is 19.9 Å². The molecule has 1 heterocycles. The topological polar surface area (TPSA) is 44.8 Å². The minimum Gasteiger partial charge on any atom is -0.490 e. The Morgan fingerprint density at radius 3 is 3.00 bits per heavy atom. The lowest BCUT2D eigenvalue weighted by molar-refractivity contribution is -0.119. The number of carbonyl (C=O) groups is 1. The van der Waals surface area contributed by atoms with Gasteiger partial charge in [0.2, 0.25) is 5.91 Å². The molecule has 0 fully saturated rings. The summed E-state index contributed by atoms with van der Waals surface area (Å²) in [4.78, 5) is 16.1. The Hall–Kier alpha value is -1.75. The van der Waals surface area contributed by atoms with Crippen LogP contribution < -0.4 is 15.0 Å². The molecule has 1 aliphatic heterocycles. The SMILES string of the molecule is CN(C)CCCNC(=O)CN1CCOc2ccccc21. The first kappa shape index (κ1) is 14.7. The van der Waals surface area contributed by atoms with E-state index in [1.54, 1.807) is 0 Å². The Morgan fingerprint density at radius 2 is 2.20 bits per heavy atom. The zero-order chi connectivity index (χ0) is 14.4. The van der Waals surface area contributed by atoms with Crippen molar-refractivity contribution in [1.29, 1.82) is 0 Å². The van der Waals surface area contributed by atoms with Gasteiger partial charge in [0.15, 0.2) is 0 Å². The first-order valence-electron chi connectivity index (χ1n) is 7.05. The normalized spacial score (nSPS) is 13.8. The molecular formula is C15H23N3O2. The molecule has 0 radical (unpaired) electrons. The molecule has 5 nitrogen and oxygen atoms in total. The van der Waals surface area contributed by atoms with E-state index >= 15 is 0 Å². The van der Waals surface area contributed by atoms with Crippen LogP contribution in [0.4, 0.5) is 5.69 Å². The molecule has 0 bridgehead atoms. The minimum absolute atomic E-state index is 0.0699. The van der Waals surface area contributed by atoms with Crippen LogP contribution in [0.3, 0.4) is 0 Å². The summed E-state index contributed by atoms with van der Waals surface area (Å²) in [5.41, 5.74) is 1.00. The molecule has 20 heavy (non-hydrogen) atoms. The van der Waals surface area contributed by atoms with E-state index < -0.39 is 0 Å². The smallest absolute Gasteiger partial charge is 0.239 e. The van der Waals surface area contributed by atoms with Crippen molar-refractivity contribution >= 4 is 11.6 Å². The molecule has 0 saturated heterocycles. The molecule has 1 amide bonds. The molecule has 2 rings (SSSR count). The van der Waals surface area contributed by atoms with E-state index in [0.717, 1.165) is 37.5 Å². The first-order valence-corrected chi connectivity index (χ1v) is 7.05. The first-order chi connectivity index (χ1) is 9.66. The highest BCUT2D eigenvalue weighted by molar-refractivity contribution is 5.82. The van der Waals surface area contributed by atoms with Crippen molar-refractivity contribution < 1.29 is 9.53 Å². The maximum atomic E-state index is 12.0. The lowest BCUT2D eigenvalue weighted by Crippen LogP contribution is -2.41. The standard InChI is InChI=1S/C15H23N3O2/c1-17(2)9-5-8-16-15(19)12-18-10-11-20-14-7-4-3-6-13(14)18/h3-4,6-7H,5,8-12H2,1-2H3,(H,16,19). The summed E-state index contributed by atoms with van der Waals surface area (Å²) in [5, 5.41) is 2.97. The highest BCUT2D eigenvalue weighted by atomic mass is 16.5. The number of hydrogen-bond acceptors (Lipinski definition) is 4. The second-order valence-corrected chi connectivity index (χ2v) is 5.24. The lowest BCUT2D eigenvalue weighted by atomic mass is 10.2. The van der Waals surface area contributed by atoms with Gasteiger partial charge in [0.05, 0.1) is 18.8 Å². The fourth-order valence-electron chi connectivity index (χ4n) is 2.24. The van der Waals surface area contributed by atoms with Crippen molar-refractivity contribution in [3.05, 3.63) is 24.3 Å². The summed E-state index contributed by atoms with van der Waals surface area (Å²) in [7, 11) is 4.07. The van der Waals surface area contributed by atoms with Gasteiger partial charge in [-0.05, 0) is 39.2 Å². The van der Waals surface area contributed by atoms with Crippen LogP contribution in [0.5, 0.6) is 5.75 Å². The van der Waals surface area contributed by atoms with Gasteiger partial charge in [-0.2, -0.15) is 0 Å². The van der Waals surface area contributed by atoms with Crippen LogP contribution in [0.1, 0.15) is 6.42 Å². The van der Waals surface area contributed by atoms with Crippen LogP contribution in [0.15, 0.2) is 24.3 Å². The zero-order valence-corrected chi connectivity index (χ0v) is 12.3. The van der Waals surface area contributed by atoms with Crippen LogP contribution in [-0.4, -0.2) is 57.7 Å². The van der Waals surface area contributed by atoms with Gasteiger partial charge in [-0.25, -0.2) is 0 Å². The average Bonchev–Trinajstić information content (AvgIpc) is 2.44. The molecule has 5 heteroatoms. The van der Waals surface area contributed by atoms with E-state index in [0.29, 0.717) is 13.2 Å². The fraction of sp³-hybridized carbons (Fsp3) is 0.533. The summed E-state index contributed by atoms with van der Waals surface area (Å²) in [6, 6.07) is 7.85. The molecule has 1 aromatic carbocycles. The van der Waals surface area contributed by atoms with Gasteiger partial charge in [0.1, 0.15) is 12.4 Å². The van der Waals surface area contributed by atoms with Gasteiger partial charge in [0.25, 0.3) is 0 Å². The predicted molar refractivity (Wildman–Crippen MR) is 80.3 cm³/mol. The maximum absolute atomic E-state index is 12.0. The number of rotatable bonds is 6.